The number of nitrogens with zero attached hydrogens (tertiary/aromatic N) is 2. The first-order valence-electron chi connectivity index (χ1n) is 6.40. The smallest absolute Gasteiger partial charge is 0.357 e. The summed E-state index contributed by atoms with van der Waals surface area (Å²) >= 11 is 1.71. The van der Waals surface area contributed by atoms with Gasteiger partial charge in [-0.1, -0.05) is 12.1 Å². The third kappa shape index (κ3) is 1.55. The van der Waals surface area contributed by atoms with Gasteiger partial charge in [0.1, 0.15) is 11.0 Å². The molecule has 0 saturated carbocycles. The number of para-hydroxylation sites is 2. The normalized spacial score (nSPS) is 17.6. The summed E-state index contributed by atoms with van der Waals surface area (Å²) in [6, 6.07) is 10.3. The molecule has 1 atom stereocenters. The van der Waals surface area contributed by atoms with E-state index in [1.807, 2.05) is 12.1 Å². The number of nitrogens with two attached hydrogens (primary N) is 1. The Balaban J connectivity index is 2.01. The van der Waals surface area contributed by atoms with Crippen LogP contribution in [-0.2, 0) is 0 Å². The molecular weight excluding hydrogens is 270 g/mol. The van der Waals surface area contributed by atoms with Crippen LogP contribution >= 0.6 is 11.3 Å². The monoisotopic (exact) mass is 284 g/mol. The van der Waals surface area contributed by atoms with Crippen LogP contribution in [0.3, 0.4) is 0 Å². The fourth-order valence-electron chi connectivity index (χ4n) is 2.61. The van der Waals surface area contributed by atoms with Gasteiger partial charge in [-0.05, 0) is 36.1 Å². The number of aromatic nitrogens is 2. The van der Waals surface area contributed by atoms with Crippen LogP contribution in [0.2, 0.25) is 0 Å². The number of fused-ring (bicyclic) bond motifs is 3. The van der Waals surface area contributed by atoms with Gasteiger partial charge in [0.2, 0.25) is 6.17 Å². The Labute approximate surface area is 119 Å². The van der Waals surface area contributed by atoms with E-state index in [2.05, 4.69) is 50.4 Å². The van der Waals surface area contributed by atoms with E-state index in [9.17, 15) is 0 Å². The Kier molecular flexibility index (Phi) is 2.34. The van der Waals surface area contributed by atoms with Gasteiger partial charge in [-0.25, -0.2) is 10.3 Å². The molecule has 2 aromatic heterocycles. The van der Waals surface area contributed by atoms with Gasteiger partial charge in [-0.3, -0.25) is 0 Å². The fraction of sp³-hybridized carbons (Fsp3) is 0.143. The number of H-pyrrole nitrogens is 1. The number of thiophene rings is 1. The van der Waals surface area contributed by atoms with Crippen molar-refractivity contribution >= 4 is 34.3 Å². The van der Waals surface area contributed by atoms with E-state index < -0.39 is 0 Å². The van der Waals surface area contributed by atoms with Crippen molar-refractivity contribution in [3.05, 3.63) is 46.2 Å². The number of rotatable bonds is 1. The van der Waals surface area contributed by atoms with Gasteiger partial charge in [-0.15, -0.1) is 11.3 Å². The lowest BCUT2D eigenvalue weighted by Crippen LogP contribution is -2.47. The van der Waals surface area contributed by atoms with Crippen LogP contribution in [-0.4, -0.2) is 10.9 Å². The Morgan fingerprint density at radius 1 is 1.30 bits per heavy atom. The summed E-state index contributed by atoms with van der Waals surface area (Å²) in [5, 5.41) is 5.19. The molecule has 0 fully saturated rings. The van der Waals surface area contributed by atoms with E-state index in [1.165, 1.54) is 10.4 Å². The van der Waals surface area contributed by atoms with E-state index in [0.717, 1.165) is 17.0 Å². The topological polar surface area (TPSA) is 70.1 Å². The highest BCUT2D eigenvalue weighted by atomic mass is 32.1. The minimum absolute atomic E-state index is 0.109. The average Bonchev–Trinajstić information content (AvgIpc) is 3.00. The molecule has 1 aliphatic rings. The number of imidazole rings is 1. The Bertz CT molecular complexity index is 829. The van der Waals surface area contributed by atoms with Crippen molar-refractivity contribution in [3.8, 4) is 0 Å². The molecule has 1 aliphatic heterocycles. The van der Waals surface area contributed by atoms with E-state index in [1.54, 1.807) is 11.3 Å². The molecule has 0 radical (unpaired) electrons. The average molecular weight is 284 g/mol. The lowest BCUT2D eigenvalue weighted by molar-refractivity contribution is -0.673. The zero-order valence-electron chi connectivity index (χ0n) is 10.9. The van der Waals surface area contributed by atoms with E-state index in [4.69, 9.17) is 5.73 Å². The van der Waals surface area contributed by atoms with Crippen LogP contribution in [0.5, 0.6) is 0 Å². The van der Waals surface area contributed by atoms with E-state index in [-0.39, 0.29) is 6.17 Å². The summed E-state index contributed by atoms with van der Waals surface area (Å²) in [7, 11) is 0. The quantitative estimate of drug-likeness (QED) is 0.599. The molecule has 0 aliphatic carbocycles. The molecule has 100 valence electrons. The third-order valence-corrected chi connectivity index (χ3v) is 4.61. The summed E-state index contributed by atoms with van der Waals surface area (Å²) in [5.41, 5.74) is 9.35. The van der Waals surface area contributed by atoms with E-state index in [0.29, 0.717) is 5.96 Å². The summed E-state index contributed by atoms with van der Waals surface area (Å²) in [6.45, 7) is 2.11. The number of anilines is 1. The lowest BCUT2D eigenvalue weighted by Gasteiger charge is -2.17. The van der Waals surface area contributed by atoms with Crippen LogP contribution in [0, 0.1) is 6.92 Å². The zero-order valence-corrected chi connectivity index (χ0v) is 11.7. The molecule has 3 aromatic rings. The molecule has 0 bridgehead atoms. The SMILES string of the molecule is Cc1ccsc1[C@@H]1N=C(N)Nc2[nH]c3ccccc3[n+]21. The first-order valence-corrected chi connectivity index (χ1v) is 7.28. The highest BCUT2D eigenvalue weighted by molar-refractivity contribution is 7.10. The standard InChI is InChI=1S/C14H13N5S/c1-8-6-7-20-11(8)12-17-13(15)18-14-16-9-4-2-3-5-10(9)19(12)14/h2-7,12H,1H3,(H3,15,16,17,18)/p+1/t12-/m1/s1. The van der Waals surface area contributed by atoms with Gasteiger partial charge in [0, 0.05) is 0 Å². The number of aliphatic imine (C=N–C) groups is 1. The van der Waals surface area contributed by atoms with Crippen LogP contribution in [0.15, 0.2) is 40.7 Å². The molecule has 0 unspecified atom stereocenters. The number of benzene rings is 1. The molecule has 20 heavy (non-hydrogen) atoms. The molecule has 0 saturated heterocycles. The number of hydrogen-bond donors (Lipinski definition) is 3. The van der Waals surface area contributed by atoms with Gasteiger partial charge in [-0.2, -0.15) is 9.56 Å². The first-order chi connectivity index (χ1) is 9.74. The van der Waals surface area contributed by atoms with Crippen molar-refractivity contribution in [2.24, 2.45) is 10.7 Å². The summed E-state index contributed by atoms with van der Waals surface area (Å²) in [4.78, 5) is 9.15. The summed E-state index contributed by atoms with van der Waals surface area (Å²) < 4.78 is 2.16. The van der Waals surface area contributed by atoms with Crippen LogP contribution < -0.4 is 15.6 Å². The molecule has 0 spiro atoms. The number of hydrogen-bond acceptors (Lipinski definition) is 4. The number of nitrogens with one attached hydrogen (secondary N) is 2. The van der Waals surface area contributed by atoms with Gasteiger partial charge < -0.3 is 5.73 Å². The van der Waals surface area contributed by atoms with Crippen molar-refractivity contribution in [2.45, 2.75) is 13.1 Å². The molecule has 5 nitrogen and oxygen atoms in total. The number of guanidine groups is 1. The van der Waals surface area contributed by atoms with Gasteiger partial charge in [0.15, 0.2) is 0 Å². The molecule has 0 amide bonds. The van der Waals surface area contributed by atoms with Crippen molar-refractivity contribution in [1.82, 2.24) is 4.98 Å². The minimum Gasteiger partial charge on any atom is -0.357 e. The lowest BCUT2D eigenvalue weighted by atomic mass is 10.2. The van der Waals surface area contributed by atoms with Crippen molar-refractivity contribution in [1.29, 1.82) is 0 Å². The fourth-order valence-corrected chi connectivity index (χ4v) is 3.56. The zero-order chi connectivity index (χ0) is 13.7. The second kappa shape index (κ2) is 4.08. The van der Waals surface area contributed by atoms with Gasteiger partial charge in [0.05, 0.1) is 4.88 Å². The maximum Gasteiger partial charge on any atom is 0.365 e. The molecule has 3 heterocycles. The second-order valence-corrected chi connectivity index (χ2v) is 5.79. The molecule has 4 N–H and O–H groups in total. The largest absolute Gasteiger partial charge is 0.365 e. The minimum atomic E-state index is -0.109. The van der Waals surface area contributed by atoms with Crippen molar-refractivity contribution < 1.29 is 4.57 Å². The third-order valence-electron chi connectivity index (χ3n) is 3.55. The highest BCUT2D eigenvalue weighted by Crippen LogP contribution is 2.29. The second-order valence-electron chi connectivity index (χ2n) is 4.84. The summed E-state index contributed by atoms with van der Waals surface area (Å²) in [5.74, 6) is 1.31. The Morgan fingerprint density at radius 2 is 2.15 bits per heavy atom. The van der Waals surface area contributed by atoms with Gasteiger partial charge >= 0.3 is 5.95 Å². The molecule has 6 heteroatoms. The Hall–Kier alpha value is -2.34. The van der Waals surface area contributed by atoms with Crippen LogP contribution in [0.25, 0.3) is 11.0 Å². The predicted octanol–water partition coefficient (Wildman–Crippen LogP) is 2.11. The Morgan fingerprint density at radius 3 is 2.95 bits per heavy atom. The van der Waals surface area contributed by atoms with Crippen molar-refractivity contribution in [3.63, 3.8) is 0 Å². The molecule has 1 aromatic carbocycles. The van der Waals surface area contributed by atoms with Crippen LogP contribution in [0.4, 0.5) is 5.95 Å². The van der Waals surface area contributed by atoms with Gasteiger partial charge in [0.25, 0.3) is 5.96 Å². The van der Waals surface area contributed by atoms with Crippen molar-refractivity contribution in [2.75, 3.05) is 5.32 Å². The predicted molar refractivity (Wildman–Crippen MR) is 80.9 cm³/mol. The highest BCUT2D eigenvalue weighted by Gasteiger charge is 2.32. The first kappa shape index (κ1) is 11.5. The summed E-state index contributed by atoms with van der Waals surface area (Å²) in [6.07, 6.45) is -0.109. The maximum atomic E-state index is 5.93. The van der Waals surface area contributed by atoms with E-state index >= 15 is 0 Å². The molecular formula is C14H14N5S+. The number of aromatic amines is 1. The maximum absolute atomic E-state index is 5.93. The molecule has 4 rings (SSSR count). The number of aryl methyl sites for hydroxylation is 1. The van der Waals surface area contributed by atoms with Crippen LogP contribution in [0.1, 0.15) is 16.6 Å².